The minimum Gasteiger partial charge on any atom is -0.497 e. The molecule has 0 unspecified atom stereocenters. The molecule has 1 aliphatic heterocycles. The summed E-state index contributed by atoms with van der Waals surface area (Å²) < 4.78 is 18.6. The highest BCUT2D eigenvalue weighted by Crippen LogP contribution is 2.36. The maximum atomic E-state index is 13.5. The summed E-state index contributed by atoms with van der Waals surface area (Å²) in [5.41, 5.74) is 1.80. The number of halogens is 1. The van der Waals surface area contributed by atoms with Crippen LogP contribution in [0.2, 0.25) is 0 Å². The van der Waals surface area contributed by atoms with Crippen molar-refractivity contribution in [2.45, 2.75) is 23.8 Å². The molecule has 3 rings (SSSR count). The van der Waals surface area contributed by atoms with Gasteiger partial charge in [-0.15, -0.1) is 11.8 Å². The van der Waals surface area contributed by atoms with Gasteiger partial charge in [-0.25, -0.2) is 4.39 Å². The van der Waals surface area contributed by atoms with Gasteiger partial charge in [0.15, 0.2) is 0 Å². The summed E-state index contributed by atoms with van der Waals surface area (Å²) in [6, 6.07) is 12.1. The molecule has 1 aliphatic rings. The molecule has 0 aliphatic carbocycles. The van der Waals surface area contributed by atoms with E-state index in [4.69, 9.17) is 4.74 Å². The number of benzene rings is 2. The van der Waals surface area contributed by atoms with E-state index in [1.807, 2.05) is 24.3 Å². The Bertz CT molecular complexity index is 703. The summed E-state index contributed by atoms with van der Waals surface area (Å²) in [7, 11) is 1.61. The van der Waals surface area contributed by atoms with Gasteiger partial charge in [0.05, 0.1) is 19.6 Å². The molecule has 0 saturated carbocycles. The molecule has 0 bridgehead atoms. The van der Waals surface area contributed by atoms with Gasteiger partial charge in [0, 0.05) is 10.6 Å². The zero-order chi connectivity index (χ0) is 16.2. The van der Waals surface area contributed by atoms with Crippen molar-refractivity contribution in [3.05, 3.63) is 59.4 Å². The van der Waals surface area contributed by atoms with E-state index in [9.17, 15) is 9.18 Å². The minimum absolute atomic E-state index is 0.0534. The first kappa shape index (κ1) is 15.9. The minimum atomic E-state index is -0.263. The monoisotopic (exact) mass is 331 g/mol. The normalized spacial score (nSPS) is 16.5. The second-order valence-electron chi connectivity index (χ2n) is 5.46. The third-order valence-corrected chi connectivity index (χ3v) is 4.99. The van der Waals surface area contributed by atoms with Crippen LogP contribution in [0.25, 0.3) is 0 Å². The molecule has 1 amide bonds. The van der Waals surface area contributed by atoms with Crippen molar-refractivity contribution in [1.29, 1.82) is 0 Å². The van der Waals surface area contributed by atoms with Gasteiger partial charge in [-0.3, -0.25) is 4.79 Å². The third kappa shape index (κ3) is 3.85. The second kappa shape index (κ2) is 7.04. The lowest BCUT2D eigenvalue weighted by molar-refractivity contribution is -0.121. The van der Waals surface area contributed by atoms with Crippen LogP contribution in [0.4, 0.5) is 4.39 Å². The summed E-state index contributed by atoms with van der Waals surface area (Å²) in [5.74, 6) is 1.37. The second-order valence-corrected chi connectivity index (χ2v) is 6.60. The van der Waals surface area contributed by atoms with Crippen molar-refractivity contribution in [3.63, 3.8) is 0 Å². The molecule has 0 radical (unpaired) electrons. The Kier molecular flexibility index (Phi) is 4.86. The fourth-order valence-electron chi connectivity index (χ4n) is 2.69. The fraction of sp³-hybridized carbons (Fsp3) is 0.278. The van der Waals surface area contributed by atoms with Crippen molar-refractivity contribution in [2.24, 2.45) is 0 Å². The number of thioether (sulfide) groups is 1. The zero-order valence-corrected chi connectivity index (χ0v) is 13.7. The van der Waals surface area contributed by atoms with Crippen molar-refractivity contribution >= 4 is 17.7 Å². The Balaban J connectivity index is 1.67. The molecule has 5 heteroatoms. The maximum Gasteiger partial charge on any atom is 0.224 e. The molecule has 120 valence electrons. The average Bonchev–Trinajstić information content (AvgIpc) is 2.56. The molecular formula is C18H18FNO2S. The molecule has 1 heterocycles. The molecular weight excluding hydrogens is 313 g/mol. The number of amides is 1. The largest absolute Gasteiger partial charge is 0.497 e. The maximum absolute atomic E-state index is 13.5. The lowest BCUT2D eigenvalue weighted by atomic mass is 10.0. The number of carbonyl (C=O) groups is 1. The molecule has 0 spiro atoms. The number of hydrogen-bond acceptors (Lipinski definition) is 3. The summed E-state index contributed by atoms with van der Waals surface area (Å²) >= 11 is 1.70. The van der Waals surface area contributed by atoms with Crippen LogP contribution in [-0.4, -0.2) is 18.8 Å². The van der Waals surface area contributed by atoms with E-state index < -0.39 is 0 Å². The van der Waals surface area contributed by atoms with Crippen LogP contribution in [0.15, 0.2) is 47.4 Å². The van der Waals surface area contributed by atoms with Gasteiger partial charge in [0.2, 0.25) is 5.91 Å². The van der Waals surface area contributed by atoms with Crippen LogP contribution in [0, 0.1) is 5.82 Å². The molecule has 2 aromatic rings. The highest BCUT2D eigenvalue weighted by Gasteiger charge is 2.22. The van der Waals surface area contributed by atoms with E-state index in [1.165, 1.54) is 12.1 Å². The number of rotatable bonds is 4. The van der Waals surface area contributed by atoms with Gasteiger partial charge in [0.25, 0.3) is 0 Å². The first-order valence-electron chi connectivity index (χ1n) is 7.50. The Labute approximate surface area is 139 Å². The van der Waals surface area contributed by atoms with Gasteiger partial charge < -0.3 is 10.1 Å². The molecule has 0 fully saturated rings. The Morgan fingerprint density at radius 2 is 2.09 bits per heavy atom. The summed E-state index contributed by atoms with van der Waals surface area (Å²) in [6.45, 7) is 0. The smallest absolute Gasteiger partial charge is 0.224 e. The van der Waals surface area contributed by atoms with Crippen LogP contribution in [0.5, 0.6) is 5.75 Å². The zero-order valence-electron chi connectivity index (χ0n) is 12.8. The van der Waals surface area contributed by atoms with Crippen LogP contribution < -0.4 is 10.1 Å². The van der Waals surface area contributed by atoms with Crippen LogP contribution in [-0.2, 0) is 11.2 Å². The SMILES string of the molecule is COc1ccc(CC(=O)N[C@@H]2CCSc3ccc(F)cc32)cc1. The lowest BCUT2D eigenvalue weighted by Gasteiger charge is -2.26. The molecule has 23 heavy (non-hydrogen) atoms. The number of hydrogen-bond donors (Lipinski definition) is 1. The highest BCUT2D eigenvalue weighted by molar-refractivity contribution is 7.99. The van der Waals surface area contributed by atoms with Gasteiger partial charge in [-0.2, -0.15) is 0 Å². The number of nitrogens with one attached hydrogen (secondary N) is 1. The standard InChI is InChI=1S/C18H18FNO2S/c1-22-14-5-2-12(3-6-14)10-18(21)20-16-8-9-23-17-7-4-13(19)11-15(16)17/h2-7,11,16H,8-10H2,1H3,(H,20,21)/t16-/m1/s1. The van der Waals surface area contributed by atoms with Crippen molar-refractivity contribution in [2.75, 3.05) is 12.9 Å². The van der Waals surface area contributed by atoms with E-state index >= 15 is 0 Å². The number of ether oxygens (including phenoxy) is 1. The first-order chi connectivity index (χ1) is 11.2. The van der Waals surface area contributed by atoms with E-state index in [0.29, 0.717) is 6.42 Å². The van der Waals surface area contributed by atoms with Crippen LogP contribution in [0.1, 0.15) is 23.6 Å². The van der Waals surface area contributed by atoms with Gasteiger partial charge in [-0.05, 0) is 47.9 Å². The van der Waals surface area contributed by atoms with Crippen LogP contribution >= 0.6 is 11.8 Å². The van der Waals surface area contributed by atoms with E-state index in [2.05, 4.69) is 5.32 Å². The van der Waals surface area contributed by atoms with E-state index in [0.717, 1.165) is 33.9 Å². The summed E-state index contributed by atoms with van der Waals surface area (Å²) in [5, 5.41) is 3.03. The molecule has 2 aromatic carbocycles. The Morgan fingerprint density at radius 3 is 2.83 bits per heavy atom. The summed E-state index contributed by atoms with van der Waals surface area (Å²) in [4.78, 5) is 13.3. The van der Waals surface area contributed by atoms with Gasteiger partial charge >= 0.3 is 0 Å². The van der Waals surface area contributed by atoms with Gasteiger partial charge in [-0.1, -0.05) is 12.1 Å². The molecule has 1 N–H and O–H groups in total. The van der Waals surface area contributed by atoms with Crippen molar-refractivity contribution in [1.82, 2.24) is 5.32 Å². The van der Waals surface area contributed by atoms with Crippen molar-refractivity contribution < 1.29 is 13.9 Å². The van der Waals surface area contributed by atoms with E-state index in [-0.39, 0.29) is 17.8 Å². The lowest BCUT2D eigenvalue weighted by Crippen LogP contribution is -2.31. The topological polar surface area (TPSA) is 38.3 Å². The number of fused-ring (bicyclic) bond motifs is 1. The average molecular weight is 331 g/mol. The van der Waals surface area contributed by atoms with Crippen molar-refractivity contribution in [3.8, 4) is 5.75 Å². The third-order valence-electron chi connectivity index (χ3n) is 3.87. The number of carbonyl (C=O) groups excluding carboxylic acids is 1. The molecule has 1 atom stereocenters. The highest BCUT2D eigenvalue weighted by atomic mass is 32.2. The number of methoxy groups -OCH3 is 1. The first-order valence-corrected chi connectivity index (χ1v) is 8.49. The summed E-state index contributed by atoms with van der Waals surface area (Å²) in [6.07, 6.45) is 1.12. The fourth-order valence-corrected chi connectivity index (χ4v) is 3.79. The quantitative estimate of drug-likeness (QED) is 0.928. The molecule has 0 saturated heterocycles. The Hall–Kier alpha value is -2.01. The molecule has 0 aromatic heterocycles. The van der Waals surface area contributed by atoms with Gasteiger partial charge in [0.1, 0.15) is 11.6 Å². The molecule has 3 nitrogen and oxygen atoms in total. The predicted molar refractivity (Wildman–Crippen MR) is 89.3 cm³/mol. The van der Waals surface area contributed by atoms with E-state index in [1.54, 1.807) is 24.9 Å². The Morgan fingerprint density at radius 1 is 1.30 bits per heavy atom. The predicted octanol–water partition coefficient (Wildman–Crippen LogP) is 3.73. The van der Waals surface area contributed by atoms with Crippen LogP contribution in [0.3, 0.4) is 0 Å².